The van der Waals surface area contributed by atoms with E-state index >= 15 is 0 Å². The fourth-order valence-electron chi connectivity index (χ4n) is 4.34. The largest absolute Gasteiger partial charge is 0.507 e. The standard InChI is InChI=1S/C30H25NO7S/c1-18-11-13-22(14-12-18)39(35,36)31-24(15-20-8-4-3-5-9-20)30(34)37-21-16-25(32)27-26(17-21)38-29-19(2)7-6-10-23(29)28(27)33/h3-14,16-17,24,31-32H,15H2,1-2H3/t24-/m1/s1. The fourth-order valence-corrected chi connectivity index (χ4v) is 5.52. The Hall–Kier alpha value is -4.47. The highest BCUT2D eigenvalue weighted by molar-refractivity contribution is 7.89. The van der Waals surface area contributed by atoms with Crippen molar-refractivity contribution in [1.82, 2.24) is 4.72 Å². The zero-order valence-electron chi connectivity index (χ0n) is 21.2. The summed E-state index contributed by atoms with van der Waals surface area (Å²) in [5.74, 6) is -1.42. The second-order valence-corrected chi connectivity index (χ2v) is 11.0. The third-order valence-corrected chi connectivity index (χ3v) is 7.85. The van der Waals surface area contributed by atoms with Crippen molar-refractivity contribution in [3.63, 3.8) is 0 Å². The monoisotopic (exact) mass is 543 g/mol. The number of phenolic OH excluding ortho intramolecular Hbond substituents is 1. The minimum Gasteiger partial charge on any atom is -0.507 e. The summed E-state index contributed by atoms with van der Waals surface area (Å²) >= 11 is 0. The Bertz CT molecular complexity index is 1860. The van der Waals surface area contributed by atoms with Crippen molar-refractivity contribution in [2.24, 2.45) is 0 Å². The number of ether oxygens (including phenoxy) is 1. The van der Waals surface area contributed by atoms with E-state index in [-0.39, 0.29) is 28.0 Å². The van der Waals surface area contributed by atoms with E-state index in [9.17, 15) is 23.1 Å². The number of aromatic hydroxyl groups is 1. The van der Waals surface area contributed by atoms with Gasteiger partial charge in [-0.05, 0) is 49.6 Å². The third-order valence-electron chi connectivity index (χ3n) is 6.36. The molecule has 1 atom stereocenters. The van der Waals surface area contributed by atoms with E-state index in [4.69, 9.17) is 9.15 Å². The zero-order chi connectivity index (χ0) is 27.7. The fraction of sp³-hybridized carbons (Fsp3) is 0.133. The normalized spacial score (nSPS) is 12.5. The van der Waals surface area contributed by atoms with Gasteiger partial charge in [0, 0.05) is 12.1 Å². The lowest BCUT2D eigenvalue weighted by atomic mass is 10.1. The molecule has 0 saturated carbocycles. The van der Waals surface area contributed by atoms with Gasteiger partial charge in [-0.1, -0.05) is 60.2 Å². The molecule has 9 heteroatoms. The van der Waals surface area contributed by atoms with Crippen LogP contribution in [0.5, 0.6) is 11.5 Å². The first-order valence-electron chi connectivity index (χ1n) is 12.2. The van der Waals surface area contributed by atoms with Crippen molar-refractivity contribution in [2.45, 2.75) is 31.2 Å². The maximum atomic E-state index is 13.3. The van der Waals surface area contributed by atoms with Crippen molar-refractivity contribution in [3.8, 4) is 11.5 Å². The Labute approximate surface area is 224 Å². The highest BCUT2D eigenvalue weighted by Gasteiger charge is 2.28. The number of fused-ring (bicyclic) bond motifs is 2. The highest BCUT2D eigenvalue weighted by Crippen LogP contribution is 2.31. The number of hydrogen-bond acceptors (Lipinski definition) is 7. The molecule has 1 aromatic heterocycles. The summed E-state index contributed by atoms with van der Waals surface area (Å²) in [6.07, 6.45) is 0.0171. The lowest BCUT2D eigenvalue weighted by molar-refractivity contribution is -0.136. The first-order valence-corrected chi connectivity index (χ1v) is 13.6. The van der Waals surface area contributed by atoms with Crippen LogP contribution in [-0.4, -0.2) is 25.5 Å². The predicted molar refractivity (Wildman–Crippen MR) is 147 cm³/mol. The molecule has 0 fully saturated rings. The molecule has 0 bridgehead atoms. The maximum Gasteiger partial charge on any atom is 0.329 e. The molecule has 0 aliphatic heterocycles. The van der Waals surface area contributed by atoms with Crippen LogP contribution in [0.1, 0.15) is 16.7 Å². The van der Waals surface area contributed by atoms with Gasteiger partial charge in [0.1, 0.15) is 34.1 Å². The summed E-state index contributed by atoms with van der Waals surface area (Å²) in [6.45, 7) is 3.62. The van der Waals surface area contributed by atoms with Gasteiger partial charge in [0.15, 0.2) is 0 Å². The molecule has 0 radical (unpaired) electrons. The Morgan fingerprint density at radius 1 is 0.974 bits per heavy atom. The number of benzene rings is 4. The SMILES string of the molecule is Cc1ccc(S(=O)(=O)N[C@H](Cc2ccccc2)C(=O)Oc2cc(O)c3c(=O)c4cccc(C)c4oc3c2)cc1. The minimum atomic E-state index is -4.07. The molecule has 0 spiro atoms. The quantitative estimate of drug-likeness (QED) is 0.172. The number of para-hydroxylation sites is 1. The van der Waals surface area contributed by atoms with Gasteiger partial charge in [-0.15, -0.1) is 0 Å². The summed E-state index contributed by atoms with van der Waals surface area (Å²) in [7, 11) is -4.07. The van der Waals surface area contributed by atoms with Crippen molar-refractivity contribution >= 4 is 37.9 Å². The molecule has 4 aromatic carbocycles. The Balaban J connectivity index is 1.50. The number of aryl methyl sites for hydroxylation is 2. The third kappa shape index (κ3) is 5.41. The van der Waals surface area contributed by atoms with Gasteiger partial charge in [0.2, 0.25) is 15.5 Å². The molecule has 39 heavy (non-hydrogen) atoms. The highest BCUT2D eigenvalue weighted by atomic mass is 32.2. The van der Waals surface area contributed by atoms with Gasteiger partial charge in [0.05, 0.1) is 10.3 Å². The van der Waals surface area contributed by atoms with Crippen LogP contribution in [0.3, 0.4) is 0 Å². The zero-order valence-corrected chi connectivity index (χ0v) is 22.0. The lowest BCUT2D eigenvalue weighted by Crippen LogP contribution is -2.44. The number of carbonyl (C=O) groups excluding carboxylic acids is 1. The van der Waals surface area contributed by atoms with Gasteiger partial charge < -0.3 is 14.3 Å². The Morgan fingerprint density at radius 3 is 2.41 bits per heavy atom. The van der Waals surface area contributed by atoms with Gasteiger partial charge in [-0.2, -0.15) is 4.72 Å². The molecule has 0 unspecified atom stereocenters. The molecule has 0 amide bonds. The number of sulfonamides is 1. The van der Waals surface area contributed by atoms with Crippen LogP contribution in [-0.2, 0) is 21.2 Å². The van der Waals surface area contributed by atoms with E-state index in [2.05, 4.69) is 4.72 Å². The van der Waals surface area contributed by atoms with Crippen LogP contribution in [0.15, 0.2) is 99.0 Å². The van der Waals surface area contributed by atoms with Crippen LogP contribution < -0.4 is 14.9 Å². The van der Waals surface area contributed by atoms with E-state index in [0.29, 0.717) is 16.5 Å². The Morgan fingerprint density at radius 2 is 1.69 bits per heavy atom. The van der Waals surface area contributed by atoms with E-state index in [1.54, 1.807) is 61.5 Å². The number of nitrogens with one attached hydrogen (secondary N) is 1. The van der Waals surface area contributed by atoms with E-state index < -0.39 is 33.2 Å². The lowest BCUT2D eigenvalue weighted by Gasteiger charge is -2.18. The molecule has 5 aromatic rings. The van der Waals surface area contributed by atoms with E-state index in [0.717, 1.165) is 17.2 Å². The van der Waals surface area contributed by atoms with Gasteiger partial charge >= 0.3 is 5.97 Å². The summed E-state index contributed by atoms with van der Waals surface area (Å²) in [4.78, 5) is 26.4. The van der Waals surface area contributed by atoms with Crippen LogP contribution >= 0.6 is 0 Å². The number of phenols is 1. The van der Waals surface area contributed by atoms with Crippen molar-refractivity contribution < 1.29 is 27.5 Å². The average Bonchev–Trinajstić information content (AvgIpc) is 2.89. The summed E-state index contributed by atoms with van der Waals surface area (Å²) in [6, 6.07) is 21.4. The van der Waals surface area contributed by atoms with Crippen molar-refractivity contribution in [3.05, 3.63) is 112 Å². The number of hydrogen-bond donors (Lipinski definition) is 2. The van der Waals surface area contributed by atoms with Crippen LogP contribution in [0, 0.1) is 13.8 Å². The Kier molecular flexibility index (Phi) is 6.94. The number of rotatable bonds is 7. The van der Waals surface area contributed by atoms with Gasteiger partial charge in [-0.3, -0.25) is 4.79 Å². The first kappa shape index (κ1) is 26.1. The van der Waals surface area contributed by atoms with Crippen molar-refractivity contribution in [1.29, 1.82) is 0 Å². The molecule has 198 valence electrons. The van der Waals surface area contributed by atoms with Crippen molar-refractivity contribution in [2.75, 3.05) is 0 Å². The summed E-state index contributed by atoms with van der Waals surface area (Å²) in [5.41, 5.74) is 2.29. The maximum absolute atomic E-state index is 13.3. The molecule has 0 aliphatic rings. The second kappa shape index (κ2) is 10.4. The summed E-state index contributed by atoms with van der Waals surface area (Å²) in [5, 5.41) is 10.9. The molecule has 5 rings (SSSR count). The van der Waals surface area contributed by atoms with Gasteiger partial charge in [0.25, 0.3) is 0 Å². The van der Waals surface area contributed by atoms with Crippen LogP contribution in [0.25, 0.3) is 21.9 Å². The average molecular weight is 544 g/mol. The smallest absolute Gasteiger partial charge is 0.329 e. The molecule has 0 aliphatic carbocycles. The van der Waals surface area contributed by atoms with E-state index in [1.807, 2.05) is 13.0 Å². The molecular weight excluding hydrogens is 518 g/mol. The minimum absolute atomic E-state index is 0.00587. The summed E-state index contributed by atoms with van der Waals surface area (Å²) < 4.78 is 40.1. The molecule has 8 nitrogen and oxygen atoms in total. The molecule has 1 heterocycles. The second-order valence-electron chi connectivity index (χ2n) is 9.30. The van der Waals surface area contributed by atoms with Crippen LogP contribution in [0.2, 0.25) is 0 Å². The molecule has 2 N–H and O–H groups in total. The topological polar surface area (TPSA) is 123 Å². The molecule has 0 saturated heterocycles. The number of carbonyl (C=O) groups is 1. The number of esters is 1. The van der Waals surface area contributed by atoms with E-state index in [1.165, 1.54) is 18.2 Å². The predicted octanol–water partition coefficient (Wildman–Crippen LogP) is 4.76. The first-order chi connectivity index (χ1) is 18.6. The molecular formula is C30H25NO7S. The van der Waals surface area contributed by atoms with Crippen LogP contribution in [0.4, 0.5) is 0 Å². The van der Waals surface area contributed by atoms with Gasteiger partial charge in [-0.25, -0.2) is 13.2 Å².